The summed E-state index contributed by atoms with van der Waals surface area (Å²) >= 11 is 1.82. The minimum absolute atomic E-state index is 0.727. The zero-order valence-electron chi connectivity index (χ0n) is 13.9. The molecule has 1 unspecified atom stereocenters. The fourth-order valence-electron chi connectivity index (χ4n) is 3.26. The van der Waals surface area contributed by atoms with Crippen molar-refractivity contribution in [3.05, 3.63) is 34.8 Å². The Bertz CT molecular complexity index is 759. The fourth-order valence-corrected chi connectivity index (χ4v) is 4.28. The average molecular weight is 325 g/mol. The normalized spacial score (nSPS) is 23.0. The number of aliphatic imine (C=N–C) groups is 1. The molecule has 0 aliphatic carbocycles. The van der Waals surface area contributed by atoms with Gasteiger partial charge in [0.1, 0.15) is 5.01 Å². The fraction of sp³-hybridized carbons (Fsp3) is 0.474. The first-order valence-electron chi connectivity index (χ1n) is 8.51. The molecule has 120 valence electrons. The third kappa shape index (κ3) is 3.10. The highest BCUT2D eigenvalue weighted by Gasteiger charge is 2.16. The zero-order valence-corrected chi connectivity index (χ0v) is 14.7. The Morgan fingerprint density at radius 3 is 2.91 bits per heavy atom. The summed E-state index contributed by atoms with van der Waals surface area (Å²) in [4.78, 5) is 12.0. The second-order valence-corrected chi connectivity index (χ2v) is 7.91. The predicted octanol–water partition coefficient (Wildman–Crippen LogP) is 4.23. The van der Waals surface area contributed by atoms with Gasteiger partial charge in [-0.15, -0.1) is 11.3 Å². The highest BCUT2D eigenvalue weighted by Crippen LogP contribution is 2.31. The lowest BCUT2D eigenvalue weighted by Gasteiger charge is -2.20. The van der Waals surface area contributed by atoms with Crippen LogP contribution in [0.1, 0.15) is 36.8 Å². The number of fused-ring (bicyclic) bond motifs is 1. The SMILES string of the molecule is CC1CCC(c2ccc3sc(C4=CCN(C)CC4)nc3c2)=NC1. The van der Waals surface area contributed by atoms with Crippen molar-refractivity contribution in [1.82, 2.24) is 9.88 Å². The summed E-state index contributed by atoms with van der Waals surface area (Å²) < 4.78 is 1.29. The van der Waals surface area contributed by atoms with Gasteiger partial charge in [-0.05, 0) is 55.5 Å². The minimum atomic E-state index is 0.727. The van der Waals surface area contributed by atoms with Crippen molar-refractivity contribution in [1.29, 1.82) is 0 Å². The van der Waals surface area contributed by atoms with Crippen LogP contribution in [-0.2, 0) is 0 Å². The maximum Gasteiger partial charge on any atom is 0.120 e. The minimum Gasteiger partial charge on any atom is -0.302 e. The van der Waals surface area contributed by atoms with Crippen LogP contribution in [0.3, 0.4) is 0 Å². The summed E-state index contributed by atoms with van der Waals surface area (Å²) in [5, 5.41) is 1.20. The molecule has 0 spiro atoms. The number of benzene rings is 1. The van der Waals surface area contributed by atoms with E-state index >= 15 is 0 Å². The Morgan fingerprint density at radius 1 is 1.26 bits per heavy atom. The van der Waals surface area contributed by atoms with E-state index in [1.807, 2.05) is 11.3 Å². The molecule has 0 radical (unpaired) electrons. The van der Waals surface area contributed by atoms with Gasteiger partial charge >= 0.3 is 0 Å². The summed E-state index contributed by atoms with van der Waals surface area (Å²) in [6, 6.07) is 6.68. The van der Waals surface area contributed by atoms with E-state index < -0.39 is 0 Å². The molecule has 0 N–H and O–H groups in total. The van der Waals surface area contributed by atoms with Crippen LogP contribution in [0.25, 0.3) is 15.8 Å². The van der Waals surface area contributed by atoms with E-state index in [0.29, 0.717) is 0 Å². The van der Waals surface area contributed by atoms with Crippen molar-refractivity contribution in [2.24, 2.45) is 10.9 Å². The molecule has 0 saturated heterocycles. The summed E-state index contributed by atoms with van der Waals surface area (Å²) in [7, 11) is 2.17. The summed E-state index contributed by atoms with van der Waals surface area (Å²) in [6.45, 7) is 5.41. The van der Waals surface area contributed by atoms with Crippen LogP contribution < -0.4 is 0 Å². The van der Waals surface area contributed by atoms with Gasteiger partial charge < -0.3 is 4.90 Å². The third-order valence-electron chi connectivity index (χ3n) is 4.88. The molecule has 0 amide bonds. The first-order chi connectivity index (χ1) is 11.2. The van der Waals surface area contributed by atoms with Gasteiger partial charge in [-0.1, -0.05) is 19.1 Å². The molecule has 3 heterocycles. The van der Waals surface area contributed by atoms with Gasteiger partial charge in [0.25, 0.3) is 0 Å². The first-order valence-corrected chi connectivity index (χ1v) is 9.33. The molecule has 4 heteroatoms. The van der Waals surface area contributed by atoms with Gasteiger partial charge in [-0.3, -0.25) is 4.99 Å². The van der Waals surface area contributed by atoms with E-state index in [9.17, 15) is 0 Å². The van der Waals surface area contributed by atoms with Gasteiger partial charge in [0, 0.05) is 25.3 Å². The number of aromatic nitrogens is 1. The van der Waals surface area contributed by atoms with Gasteiger partial charge in [0.2, 0.25) is 0 Å². The van der Waals surface area contributed by atoms with Gasteiger partial charge in [-0.25, -0.2) is 4.98 Å². The molecule has 1 aromatic carbocycles. The second-order valence-electron chi connectivity index (χ2n) is 6.87. The Kier molecular flexibility index (Phi) is 4.04. The lowest BCUT2D eigenvalue weighted by Crippen LogP contribution is -2.23. The lowest BCUT2D eigenvalue weighted by molar-refractivity contribution is 0.370. The van der Waals surface area contributed by atoms with Crippen molar-refractivity contribution >= 4 is 32.8 Å². The van der Waals surface area contributed by atoms with Crippen LogP contribution in [0.15, 0.2) is 29.3 Å². The Balaban J connectivity index is 1.65. The third-order valence-corrected chi connectivity index (χ3v) is 5.99. The van der Waals surface area contributed by atoms with Crippen molar-refractivity contribution in [3.63, 3.8) is 0 Å². The van der Waals surface area contributed by atoms with Gasteiger partial charge in [0.05, 0.1) is 10.2 Å². The number of thiazole rings is 1. The van der Waals surface area contributed by atoms with Crippen LogP contribution in [0.4, 0.5) is 0 Å². The standard InChI is InChI=1S/C19H23N3S/c1-13-3-5-16(20-12-13)15-4-6-18-17(11-15)21-19(23-18)14-7-9-22(2)10-8-14/h4,6-7,11,13H,3,5,8-10,12H2,1-2H3. The number of nitrogens with zero attached hydrogens (tertiary/aromatic N) is 3. The maximum absolute atomic E-state index is 4.91. The molecule has 4 rings (SSSR count). The molecule has 0 bridgehead atoms. The first kappa shape index (κ1) is 15.0. The lowest BCUT2D eigenvalue weighted by atomic mass is 9.96. The van der Waals surface area contributed by atoms with Gasteiger partial charge in [0.15, 0.2) is 0 Å². The van der Waals surface area contributed by atoms with Gasteiger partial charge in [-0.2, -0.15) is 0 Å². The van der Waals surface area contributed by atoms with Crippen LogP contribution in [0.5, 0.6) is 0 Å². The number of hydrogen-bond donors (Lipinski definition) is 0. The highest BCUT2D eigenvalue weighted by molar-refractivity contribution is 7.19. The molecule has 1 aromatic heterocycles. The number of rotatable bonds is 2. The number of hydrogen-bond acceptors (Lipinski definition) is 4. The van der Waals surface area contributed by atoms with Crippen LogP contribution in [0, 0.1) is 5.92 Å². The Hall–Kier alpha value is -1.52. The van der Waals surface area contributed by atoms with E-state index in [4.69, 9.17) is 9.98 Å². The van der Waals surface area contributed by atoms with Crippen molar-refractivity contribution < 1.29 is 0 Å². The maximum atomic E-state index is 4.91. The monoisotopic (exact) mass is 325 g/mol. The molecule has 1 atom stereocenters. The summed E-state index contributed by atoms with van der Waals surface area (Å²) in [6.07, 6.45) is 5.78. The summed E-state index contributed by atoms with van der Waals surface area (Å²) in [5.41, 5.74) is 5.06. The molecule has 23 heavy (non-hydrogen) atoms. The highest BCUT2D eigenvalue weighted by atomic mass is 32.1. The Labute approximate surface area is 141 Å². The molecule has 2 aliphatic heterocycles. The second kappa shape index (κ2) is 6.17. The largest absolute Gasteiger partial charge is 0.302 e. The zero-order chi connectivity index (χ0) is 15.8. The predicted molar refractivity (Wildman–Crippen MR) is 99.5 cm³/mol. The van der Waals surface area contributed by atoms with E-state index in [1.165, 1.54) is 33.0 Å². The molecule has 2 aliphatic rings. The number of likely N-dealkylation sites (N-methyl/N-ethyl adjacent to an activating group) is 1. The van der Waals surface area contributed by atoms with E-state index in [0.717, 1.165) is 43.9 Å². The van der Waals surface area contributed by atoms with Crippen LogP contribution in [-0.4, -0.2) is 42.3 Å². The van der Waals surface area contributed by atoms with Crippen molar-refractivity contribution in [3.8, 4) is 0 Å². The summed E-state index contributed by atoms with van der Waals surface area (Å²) in [5.74, 6) is 0.727. The van der Waals surface area contributed by atoms with Crippen LogP contribution >= 0.6 is 11.3 Å². The van der Waals surface area contributed by atoms with Crippen molar-refractivity contribution in [2.75, 3.05) is 26.7 Å². The topological polar surface area (TPSA) is 28.5 Å². The van der Waals surface area contributed by atoms with Crippen molar-refractivity contribution in [2.45, 2.75) is 26.2 Å². The van der Waals surface area contributed by atoms with Crippen LogP contribution in [0.2, 0.25) is 0 Å². The smallest absolute Gasteiger partial charge is 0.120 e. The van der Waals surface area contributed by atoms with E-state index in [1.54, 1.807) is 0 Å². The Morgan fingerprint density at radius 2 is 2.17 bits per heavy atom. The average Bonchev–Trinajstić information content (AvgIpc) is 2.99. The molecule has 0 saturated carbocycles. The molecule has 3 nitrogen and oxygen atoms in total. The van der Waals surface area contributed by atoms with E-state index in [2.05, 4.69) is 43.1 Å². The molecular weight excluding hydrogens is 302 g/mol. The molecular formula is C19H23N3S. The van der Waals surface area contributed by atoms with E-state index in [-0.39, 0.29) is 0 Å². The molecule has 0 fully saturated rings. The quantitative estimate of drug-likeness (QED) is 0.826. The molecule has 2 aromatic rings.